The van der Waals surface area contributed by atoms with Gasteiger partial charge < -0.3 is 0 Å². The van der Waals surface area contributed by atoms with Crippen molar-refractivity contribution in [2.75, 3.05) is 0 Å². The average Bonchev–Trinajstić information content (AvgIpc) is 2.08. The molecule has 0 nitrogen and oxygen atoms in total. The van der Waals surface area contributed by atoms with Crippen LogP contribution in [0, 0.1) is 5.92 Å². The highest BCUT2D eigenvalue weighted by Crippen LogP contribution is 2.18. The van der Waals surface area contributed by atoms with Gasteiger partial charge in [0.15, 0.2) is 0 Å². The summed E-state index contributed by atoms with van der Waals surface area (Å²) in [5, 5.41) is 0. The molecule has 13 heavy (non-hydrogen) atoms. The zero-order chi connectivity index (χ0) is 9.68. The smallest absolute Gasteiger partial charge is 0.0207 e. The Labute approximate surface area is 89.5 Å². The predicted octanol–water partition coefficient (Wildman–Crippen LogP) is 4.43. The van der Waals surface area contributed by atoms with Crippen LogP contribution in [0.1, 0.15) is 32.3 Å². The van der Waals surface area contributed by atoms with Crippen molar-refractivity contribution in [2.45, 2.75) is 33.1 Å². The summed E-state index contributed by atoms with van der Waals surface area (Å²) in [6, 6.07) is 8.49. The quantitative estimate of drug-likeness (QED) is 0.731. The first-order valence-electron chi connectivity index (χ1n) is 4.93. The second-order valence-corrected chi connectivity index (χ2v) is 4.73. The van der Waals surface area contributed by atoms with Gasteiger partial charge in [0.1, 0.15) is 0 Å². The summed E-state index contributed by atoms with van der Waals surface area (Å²) in [6.45, 7) is 4.56. The molecule has 0 unspecified atom stereocenters. The van der Waals surface area contributed by atoms with Gasteiger partial charge in [-0.3, -0.25) is 0 Å². The number of aryl methyl sites for hydroxylation is 1. The van der Waals surface area contributed by atoms with Crippen LogP contribution in [0.3, 0.4) is 0 Å². The van der Waals surface area contributed by atoms with Gasteiger partial charge >= 0.3 is 0 Å². The van der Waals surface area contributed by atoms with Gasteiger partial charge in [0.25, 0.3) is 0 Å². The fourth-order valence-corrected chi connectivity index (χ4v) is 1.88. The topological polar surface area (TPSA) is 0 Å². The maximum absolute atomic E-state index is 3.56. The summed E-state index contributed by atoms with van der Waals surface area (Å²) in [5.41, 5.74) is 1.43. The summed E-state index contributed by atoms with van der Waals surface area (Å²) < 4.78 is 1.25. The number of rotatable bonds is 4. The second kappa shape index (κ2) is 5.43. The zero-order valence-electron chi connectivity index (χ0n) is 8.39. The van der Waals surface area contributed by atoms with Crippen LogP contribution in [0.2, 0.25) is 0 Å². The number of hydrogen-bond donors (Lipinski definition) is 0. The minimum Gasteiger partial charge on any atom is -0.0628 e. The van der Waals surface area contributed by atoms with Gasteiger partial charge in [-0.1, -0.05) is 54.4 Å². The van der Waals surface area contributed by atoms with Crippen LogP contribution in [0.5, 0.6) is 0 Å². The molecule has 72 valence electrons. The van der Waals surface area contributed by atoms with Gasteiger partial charge in [-0.05, 0) is 30.4 Å². The van der Waals surface area contributed by atoms with Crippen LogP contribution < -0.4 is 0 Å². The van der Waals surface area contributed by atoms with Gasteiger partial charge in [0.2, 0.25) is 0 Å². The van der Waals surface area contributed by atoms with E-state index in [9.17, 15) is 0 Å². The third kappa shape index (κ3) is 3.95. The van der Waals surface area contributed by atoms with E-state index in [1.807, 2.05) is 0 Å². The van der Waals surface area contributed by atoms with Crippen molar-refractivity contribution in [1.82, 2.24) is 0 Å². The lowest BCUT2D eigenvalue weighted by molar-refractivity contribution is 0.555. The molecule has 1 aromatic carbocycles. The Morgan fingerprint density at radius 2 is 1.92 bits per heavy atom. The summed E-state index contributed by atoms with van der Waals surface area (Å²) >= 11 is 3.56. The Balaban J connectivity index is 2.41. The molecule has 0 radical (unpaired) electrons. The van der Waals surface area contributed by atoms with Gasteiger partial charge in [0, 0.05) is 4.47 Å². The molecule has 0 bridgehead atoms. The Hall–Kier alpha value is -0.300. The predicted molar refractivity (Wildman–Crippen MR) is 61.9 cm³/mol. The number of halogens is 1. The van der Waals surface area contributed by atoms with Crippen molar-refractivity contribution in [3.05, 3.63) is 34.3 Å². The lowest BCUT2D eigenvalue weighted by Crippen LogP contribution is -1.91. The second-order valence-electron chi connectivity index (χ2n) is 3.88. The highest BCUT2D eigenvalue weighted by atomic mass is 79.9. The SMILES string of the molecule is CC(C)CCCc1ccccc1Br. The molecule has 0 aliphatic heterocycles. The molecule has 0 amide bonds. The maximum Gasteiger partial charge on any atom is 0.0207 e. The average molecular weight is 241 g/mol. The molecular formula is C12H17Br. The molecule has 0 fully saturated rings. The molecule has 1 aromatic rings. The number of benzene rings is 1. The van der Waals surface area contributed by atoms with E-state index in [2.05, 4.69) is 54.0 Å². The minimum atomic E-state index is 0.822. The molecule has 1 heteroatoms. The van der Waals surface area contributed by atoms with E-state index in [1.165, 1.54) is 29.3 Å². The van der Waals surface area contributed by atoms with Gasteiger partial charge in [-0.15, -0.1) is 0 Å². The van der Waals surface area contributed by atoms with E-state index in [4.69, 9.17) is 0 Å². The van der Waals surface area contributed by atoms with Crippen molar-refractivity contribution in [3.63, 3.8) is 0 Å². The largest absolute Gasteiger partial charge is 0.0628 e. The maximum atomic E-state index is 3.56. The molecule has 0 saturated carbocycles. The van der Waals surface area contributed by atoms with Gasteiger partial charge in [-0.2, -0.15) is 0 Å². The number of hydrogen-bond acceptors (Lipinski definition) is 0. The van der Waals surface area contributed by atoms with Crippen LogP contribution in [-0.4, -0.2) is 0 Å². The van der Waals surface area contributed by atoms with E-state index >= 15 is 0 Å². The first kappa shape index (κ1) is 10.8. The Morgan fingerprint density at radius 3 is 2.54 bits per heavy atom. The highest BCUT2D eigenvalue weighted by Gasteiger charge is 1.99. The van der Waals surface area contributed by atoms with E-state index < -0.39 is 0 Å². The van der Waals surface area contributed by atoms with Crippen LogP contribution in [0.15, 0.2) is 28.7 Å². The molecule has 0 heterocycles. The summed E-state index contributed by atoms with van der Waals surface area (Å²) in [4.78, 5) is 0. The van der Waals surface area contributed by atoms with Gasteiger partial charge in [-0.25, -0.2) is 0 Å². The van der Waals surface area contributed by atoms with Crippen molar-refractivity contribution in [3.8, 4) is 0 Å². The molecular weight excluding hydrogens is 224 g/mol. The minimum absolute atomic E-state index is 0.822. The van der Waals surface area contributed by atoms with Crippen LogP contribution in [0.25, 0.3) is 0 Å². The first-order valence-corrected chi connectivity index (χ1v) is 5.73. The fourth-order valence-electron chi connectivity index (χ4n) is 1.40. The molecule has 0 atom stereocenters. The third-order valence-corrected chi connectivity index (χ3v) is 2.96. The monoisotopic (exact) mass is 240 g/mol. The molecule has 0 aliphatic carbocycles. The molecule has 0 aliphatic rings. The first-order chi connectivity index (χ1) is 6.20. The van der Waals surface area contributed by atoms with Crippen molar-refractivity contribution >= 4 is 15.9 Å². The van der Waals surface area contributed by atoms with Crippen LogP contribution >= 0.6 is 15.9 Å². The van der Waals surface area contributed by atoms with E-state index in [1.54, 1.807) is 0 Å². The Bertz CT molecular complexity index is 253. The lowest BCUT2D eigenvalue weighted by Gasteiger charge is -2.05. The van der Waals surface area contributed by atoms with E-state index in [0.29, 0.717) is 0 Å². The fraction of sp³-hybridized carbons (Fsp3) is 0.500. The zero-order valence-corrected chi connectivity index (χ0v) is 9.97. The van der Waals surface area contributed by atoms with E-state index in [-0.39, 0.29) is 0 Å². The van der Waals surface area contributed by atoms with E-state index in [0.717, 1.165) is 5.92 Å². The molecule has 0 saturated heterocycles. The van der Waals surface area contributed by atoms with Crippen molar-refractivity contribution < 1.29 is 0 Å². The third-order valence-electron chi connectivity index (χ3n) is 2.19. The van der Waals surface area contributed by atoms with Gasteiger partial charge in [0.05, 0.1) is 0 Å². The summed E-state index contributed by atoms with van der Waals surface area (Å²) in [7, 11) is 0. The van der Waals surface area contributed by atoms with Crippen molar-refractivity contribution in [2.24, 2.45) is 5.92 Å². The van der Waals surface area contributed by atoms with Crippen molar-refractivity contribution in [1.29, 1.82) is 0 Å². The summed E-state index contributed by atoms with van der Waals surface area (Å²) in [5.74, 6) is 0.822. The standard InChI is InChI=1S/C12H17Br/c1-10(2)6-5-8-11-7-3-4-9-12(11)13/h3-4,7,9-10H,5-6,8H2,1-2H3. The normalized spacial score (nSPS) is 10.8. The Morgan fingerprint density at radius 1 is 1.23 bits per heavy atom. The van der Waals surface area contributed by atoms with Crippen LogP contribution in [-0.2, 0) is 6.42 Å². The highest BCUT2D eigenvalue weighted by molar-refractivity contribution is 9.10. The summed E-state index contributed by atoms with van der Waals surface area (Å²) in [6.07, 6.45) is 3.81. The molecule has 0 aromatic heterocycles. The Kier molecular flexibility index (Phi) is 4.51. The molecule has 1 rings (SSSR count). The molecule has 0 N–H and O–H groups in total. The molecule has 0 spiro atoms. The van der Waals surface area contributed by atoms with Crippen LogP contribution in [0.4, 0.5) is 0 Å². The lowest BCUT2D eigenvalue weighted by atomic mass is 10.0.